The van der Waals surface area contributed by atoms with Crippen LogP contribution < -0.4 is 4.74 Å². The van der Waals surface area contributed by atoms with Gasteiger partial charge in [-0.1, -0.05) is 12.1 Å². The zero-order valence-corrected chi connectivity index (χ0v) is 12.2. The highest BCUT2D eigenvalue weighted by Gasteiger charge is 2.25. The number of benzene rings is 1. The van der Waals surface area contributed by atoms with Crippen LogP contribution in [0.15, 0.2) is 48.8 Å². The summed E-state index contributed by atoms with van der Waals surface area (Å²) in [7, 11) is 0. The second kappa shape index (κ2) is 6.85. The Bertz CT molecular complexity index is 591. The summed E-state index contributed by atoms with van der Waals surface area (Å²) in [6.45, 7) is 2.19. The van der Waals surface area contributed by atoms with Crippen LogP contribution in [0.4, 0.5) is 4.39 Å². The summed E-state index contributed by atoms with van der Waals surface area (Å²) in [5, 5.41) is 10.2. The third kappa shape index (κ3) is 3.81. The highest BCUT2D eigenvalue weighted by Crippen LogP contribution is 2.21. The van der Waals surface area contributed by atoms with Crippen molar-refractivity contribution >= 4 is 0 Å². The first-order chi connectivity index (χ1) is 10.7. The number of aliphatic hydroxyl groups is 1. The van der Waals surface area contributed by atoms with Crippen LogP contribution >= 0.6 is 0 Å². The fourth-order valence-electron chi connectivity index (χ4n) is 2.70. The number of aliphatic hydroxyl groups excluding tert-OH is 1. The molecule has 2 aromatic rings. The second-order valence-electron chi connectivity index (χ2n) is 5.54. The van der Waals surface area contributed by atoms with Gasteiger partial charge in [-0.15, -0.1) is 0 Å². The number of ether oxygens (including phenoxy) is 1. The van der Waals surface area contributed by atoms with Crippen molar-refractivity contribution in [2.45, 2.75) is 18.6 Å². The van der Waals surface area contributed by atoms with Gasteiger partial charge < -0.3 is 9.84 Å². The zero-order chi connectivity index (χ0) is 15.4. The molecule has 1 aliphatic heterocycles. The van der Waals surface area contributed by atoms with E-state index >= 15 is 0 Å². The van der Waals surface area contributed by atoms with Crippen LogP contribution in [0.5, 0.6) is 5.75 Å². The summed E-state index contributed by atoms with van der Waals surface area (Å²) in [5.74, 6) is 0.531. The van der Waals surface area contributed by atoms with Gasteiger partial charge in [-0.05, 0) is 36.2 Å². The molecule has 1 saturated heterocycles. The summed E-state index contributed by atoms with van der Waals surface area (Å²) < 4.78 is 18.8. The van der Waals surface area contributed by atoms with E-state index in [0.29, 0.717) is 6.54 Å². The van der Waals surface area contributed by atoms with Gasteiger partial charge >= 0.3 is 0 Å². The molecule has 0 amide bonds. The lowest BCUT2D eigenvalue weighted by Gasteiger charge is -2.20. The minimum absolute atomic E-state index is 0.128. The van der Waals surface area contributed by atoms with Gasteiger partial charge in [0.1, 0.15) is 17.7 Å². The number of pyridine rings is 1. The Morgan fingerprint density at radius 1 is 1.23 bits per heavy atom. The van der Waals surface area contributed by atoms with Crippen molar-refractivity contribution in [3.05, 3.63) is 60.2 Å². The van der Waals surface area contributed by atoms with E-state index in [0.717, 1.165) is 30.8 Å². The number of hydrogen-bond acceptors (Lipinski definition) is 4. The predicted molar refractivity (Wildman–Crippen MR) is 81.1 cm³/mol. The number of nitrogens with zero attached hydrogens (tertiary/aromatic N) is 2. The van der Waals surface area contributed by atoms with E-state index in [1.165, 1.54) is 12.1 Å². The highest BCUT2D eigenvalue weighted by molar-refractivity contribution is 5.19. The molecule has 1 fully saturated rings. The molecular formula is C17H19FN2O2. The van der Waals surface area contributed by atoms with Gasteiger partial charge in [-0.2, -0.15) is 0 Å². The number of likely N-dealkylation sites (tertiary alicyclic amines) is 1. The topological polar surface area (TPSA) is 45.6 Å². The minimum atomic E-state index is -0.611. The maximum atomic E-state index is 12.9. The fourth-order valence-corrected chi connectivity index (χ4v) is 2.70. The van der Waals surface area contributed by atoms with Crippen molar-refractivity contribution in [2.75, 3.05) is 19.6 Å². The molecule has 5 heteroatoms. The van der Waals surface area contributed by atoms with Crippen LogP contribution in [0.25, 0.3) is 0 Å². The second-order valence-corrected chi connectivity index (χ2v) is 5.54. The van der Waals surface area contributed by atoms with Gasteiger partial charge in [0.05, 0.1) is 6.10 Å². The Kier molecular flexibility index (Phi) is 4.65. The van der Waals surface area contributed by atoms with Crippen molar-refractivity contribution in [1.82, 2.24) is 9.88 Å². The number of hydrogen-bond donors (Lipinski definition) is 1. The third-order valence-electron chi connectivity index (χ3n) is 3.87. The lowest BCUT2D eigenvalue weighted by molar-refractivity contribution is 0.117. The van der Waals surface area contributed by atoms with E-state index in [1.54, 1.807) is 24.5 Å². The van der Waals surface area contributed by atoms with E-state index in [1.807, 2.05) is 12.1 Å². The van der Waals surface area contributed by atoms with Crippen LogP contribution in [-0.2, 0) is 0 Å². The molecule has 1 aromatic heterocycles. The number of halogens is 1. The summed E-state index contributed by atoms with van der Waals surface area (Å²) in [6, 6.07) is 9.68. The normalized spacial score (nSPS) is 20.0. The van der Waals surface area contributed by atoms with Crippen molar-refractivity contribution < 1.29 is 14.2 Å². The Labute approximate surface area is 129 Å². The smallest absolute Gasteiger partial charge is 0.123 e. The molecule has 22 heavy (non-hydrogen) atoms. The van der Waals surface area contributed by atoms with E-state index in [2.05, 4.69) is 9.88 Å². The Balaban J connectivity index is 1.51. The lowest BCUT2D eigenvalue weighted by atomic mass is 10.1. The molecule has 0 saturated carbocycles. The molecule has 1 aliphatic rings. The maximum Gasteiger partial charge on any atom is 0.123 e. The van der Waals surface area contributed by atoms with Crippen molar-refractivity contribution in [3.8, 4) is 5.75 Å². The minimum Gasteiger partial charge on any atom is -0.489 e. The first kappa shape index (κ1) is 14.9. The zero-order valence-electron chi connectivity index (χ0n) is 12.2. The molecule has 0 radical (unpaired) electrons. The fraction of sp³-hybridized carbons (Fsp3) is 0.353. The Morgan fingerprint density at radius 3 is 2.68 bits per heavy atom. The highest BCUT2D eigenvalue weighted by atomic mass is 19.1. The molecule has 116 valence electrons. The van der Waals surface area contributed by atoms with E-state index in [4.69, 9.17) is 4.74 Å². The molecule has 1 N–H and O–H groups in total. The first-order valence-electron chi connectivity index (χ1n) is 7.43. The average Bonchev–Trinajstić information content (AvgIpc) is 2.96. The van der Waals surface area contributed by atoms with Gasteiger partial charge in [0.15, 0.2) is 0 Å². The van der Waals surface area contributed by atoms with Gasteiger partial charge in [0.25, 0.3) is 0 Å². The van der Waals surface area contributed by atoms with Gasteiger partial charge in [0, 0.05) is 32.0 Å². The molecule has 0 spiro atoms. The van der Waals surface area contributed by atoms with E-state index < -0.39 is 6.10 Å². The van der Waals surface area contributed by atoms with Crippen LogP contribution in [0.3, 0.4) is 0 Å². The molecule has 1 aromatic carbocycles. The molecule has 2 unspecified atom stereocenters. The molecule has 2 heterocycles. The first-order valence-corrected chi connectivity index (χ1v) is 7.43. The maximum absolute atomic E-state index is 12.9. The average molecular weight is 302 g/mol. The van der Waals surface area contributed by atoms with Crippen LogP contribution in [0.2, 0.25) is 0 Å². The predicted octanol–water partition coefficient (Wildman–Crippen LogP) is 2.41. The van der Waals surface area contributed by atoms with Gasteiger partial charge in [-0.25, -0.2) is 4.39 Å². The van der Waals surface area contributed by atoms with Crippen molar-refractivity contribution in [1.29, 1.82) is 0 Å². The van der Waals surface area contributed by atoms with Crippen LogP contribution in [0.1, 0.15) is 18.1 Å². The van der Waals surface area contributed by atoms with Gasteiger partial charge in [-0.3, -0.25) is 9.88 Å². The van der Waals surface area contributed by atoms with E-state index in [-0.39, 0.29) is 11.9 Å². The molecule has 2 atom stereocenters. The van der Waals surface area contributed by atoms with Crippen molar-refractivity contribution in [2.24, 2.45) is 0 Å². The van der Waals surface area contributed by atoms with Crippen molar-refractivity contribution in [3.63, 3.8) is 0 Å². The quantitative estimate of drug-likeness (QED) is 0.921. The standard InChI is InChI=1S/C17H19FN2O2/c18-14-3-1-13(2-4-14)17(21)12-20-10-7-16(11-20)22-15-5-8-19-9-6-15/h1-6,8-9,16-17,21H,7,10-12H2. The van der Waals surface area contributed by atoms with Crippen LogP contribution in [-0.4, -0.2) is 40.7 Å². The molecule has 0 aliphatic carbocycles. The van der Waals surface area contributed by atoms with Crippen LogP contribution in [0, 0.1) is 5.82 Å². The summed E-state index contributed by atoms with van der Waals surface area (Å²) in [5.41, 5.74) is 0.736. The Hall–Kier alpha value is -1.98. The molecule has 3 rings (SSSR count). The molecule has 4 nitrogen and oxygen atoms in total. The summed E-state index contributed by atoms with van der Waals surface area (Å²) in [4.78, 5) is 6.13. The SMILES string of the molecule is OC(CN1CCC(Oc2ccncc2)C1)c1ccc(F)cc1. The number of rotatable bonds is 5. The third-order valence-corrected chi connectivity index (χ3v) is 3.87. The van der Waals surface area contributed by atoms with E-state index in [9.17, 15) is 9.50 Å². The largest absolute Gasteiger partial charge is 0.489 e. The monoisotopic (exact) mass is 302 g/mol. The Morgan fingerprint density at radius 2 is 1.95 bits per heavy atom. The molecule has 0 bridgehead atoms. The summed E-state index contributed by atoms with van der Waals surface area (Å²) in [6.07, 6.45) is 3.86. The number of aromatic nitrogens is 1. The number of β-amino-alcohol motifs (C(OH)–C–C–N with tert-alkyl or cyclic N) is 1. The molecular weight excluding hydrogens is 283 g/mol. The lowest BCUT2D eigenvalue weighted by Crippen LogP contribution is -2.29. The summed E-state index contributed by atoms with van der Waals surface area (Å²) >= 11 is 0. The van der Waals surface area contributed by atoms with Gasteiger partial charge in [0.2, 0.25) is 0 Å².